The lowest BCUT2D eigenvalue weighted by Crippen LogP contribution is -2.38. The van der Waals surface area contributed by atoms with Gasteiger partial charge in [0.25, 0.3) is 0 Å². The molecule has 0 unspecified atom stereocenters. The summed E-state index contributed by atoms with van der Waals surface area (Å²) in [5.41, 5.74) is 3.42. The molecule has 0 bridgehead atoms. The van der Waals surface area contributed by atoms with Crippen LogP contribution in [-0.4, -0.2) is 33.7 Å². The van der Waals surface area contributed by atoms with Gasteiger partial charge in [0, 0.05) is 26.3 Å². The Bertz CT molecular complexity index is 636. The third-order valence-electron chi connectivity index (χ3n) is 3.73. The van der Waals surface area contributed by atoms with E-state index in [-0.39, 0.29) is 12.5 Å². The van der Waals surface area contributed by atoms with Crippen molar-refractivity contribution in [3.8, 4) is 0 Å². The number of carbonyl (C=O) groups excluding carboxylic acids is 1. The highest BCUT2D eigenvalue weighted by Gasteiger charge is 2.20. The minimum Gasteiger partial charge on any atom is -0.365 e. The molecule has 0 saturated heterocycles. The molecule has 0 aliphatic carbocycles. The van der Waals surface area contributed by atoms with Crippen LogP contribution in [0, 0.1) is 0 Å². The van der Waals surface area contributed by atoms with Crippen LogP contribution in [0.2, 0.25) is 0 Å². The summed E-state index contributed by atoms with van der Waals surface area (Å²) in [5, 5.41) is 4.22. The third kappa shape index (κ3) is 3.31. The monoisotopic (exact) mass is 285 g/mol. The molecule has 1 aromatic carbocycles. The van der Waals surface area contributed by atoms with Gasteiger partial charge in [-0.1, -0.05) is 24.3 Å². The van der Waals surface area contributed by atoms with Gasteiger partial charge >= 0.3 is 0 Å². The molecule has 21 heavy (non-hydrogen) atoms. The quantitative estimate of drug-likeness (QED) is 0.855. The number of carbonyl (C=O) groups is 1. The van der Waals surface area contributed by atoms with E-state index in [9.17, 15) is 4.79 Å². The lowest BCUT2D eigenvalue weighted by molar-refractivity contribution is -0.137. The van der Waals surface area contributed by atoms with Crippen molar-refractivity contribution in [3.63, 3.8) is 0 Å². The second-order valence-electron chi connectivity index (χ2n) is 5.31. The van der Waals surface area contributed by atoms with Gasteiger partial charge in [-0.25, -0.2) is 0 Å². The van der Waals surface area contributed by atoms with Gasteiger partial charge < -0.3 is 9.64 Å². The molecule has 0 fully saturated rings. The van der Waals surface area contributed by atoms with E-state index >= 15 is 0 Å². The van der Waals surface area contributed by atoms with E-state index in [0.717, 1.165) is 18.7 Å². The van der Waals surface area contributed by atoms with Crippen molar-refractivity contribution >= 4 is 5.91 Å². The zero-order chi connectivity index (χ0) is 14.7. The van der Waals surface area contributed by atoms with E-state index < -0.39 is 0 Å². The smallest absolute Gasteiger partial charge is 0.248 e. The minimum absolute atomic E-state index is 0.0421. The summed E-state index contributed by atoms with van der Waals surface area (Å²) in [7, 11) is 1.86. The first-order valence-electron chi connectivity index (χ1n) is 7.13. The molecule has 2 aromatic rings. The van der Waals surface area contributed by atoms with Gasteiger partial charge in [0.15, 0.2) is 0 Å². The second-order valence-corrected chi connectivity index (χ2v) is 5.31. The number of amides is 1. The van der Waals surface area contributed by atoms with Crippen LogP contribution in [0.4, 0.5) is 0 Å². The standard InChI is InChI=1S/C16H19N3O2/c1-18-8-7-15(17-18)11-21-12-16(20)19-9-6-13-4-2-3-5-14(13)10-19/h2-5,7-8H,6,9-12H2,1H3. The Labute approximate surface area is 124 Å². The van der Waals surface area contributed by atoms with Crippen LogP contribution in [0.1, 0.15) is 16.8 Å². The minimum atomic E-state index is 0.0421. The van der Waals surface area contributed by atoms with Crippen LogP contribution in [0.15, 0.2) is 36.5 Å². The molecule has 3 rings (SSSR count). The molecule has 0 N–H and O–H groups in total. The molecule has 0 saturated carbocycles. The van der Waals surface area contributed by atoms with Gasteiger partial charge in [-0.05, 0) is 23.6 Å². The first kappa shape index (κ1) is 13.8. The normalized spacial score (nSPS) is 14.0. The lowest BCUT2D eigenvalue weighted by Gasteiger charge is -2.28. The zero-order valence-electron chi connectivity index (χ0n) is 12.2. The van der Waals surface area contributed by atoms with E-state index in [0.29, 0.717) is 13.2 Å². The summed E-state index contributed by atoms with van der Waals surface area (Å²) < 4.78 is 7.19. The topological polar surface area (TPSA) is 47.4 Å². The maximum atomic E-state index is 12.2. The SMILES string of the molecule is Cn1ccc(COCC(=O)N2CCc3ccccc3C2)n1. The van der Waals surface area contributed by atoms with Gasteiger partial charge in [-0.3, -0.25) is 9.48 Å². The number of hydrogen-bond acceptors (Lipinski definition) is 3. The van der Waals surface area contributed by atoms with E-state index in [2.05, 4.69) is 17.2 Å². The predicted octanol–water partition coefficient (Wildman–Crippen LogP) is 1.52. The number of nitrogens with zero attached hydrogens (tertiary/aromatic N) is 3. The highest BCUT2D eigenvalue weighted by Crippen LogP contribution is 2.18. The molecule has 1 amide bonds. The molecule has 110 valence electrons. The average Bonchev–Trinajstić information content (AvgIpc) is 2.92. The van der Waals surface area contributed by atoms with E-state index in [1.165, 1.54) is 11.1 Å². The van der Waals surface area contributed by atoms with Crippen LogP contribution in [0.5, 0.6) is 0 Å². The van der Waals surface area contributed by atoms with Crippen molar-refractivity contribution in [2.45, 2.75) is 19.6 Å². The largest absolute Gasteiger partial charge is 0.365 e. The van der Waals surface area contributed by atoms with Crippen molar-refractivity contribution in [1.82, 2.24) is 14.7 Å². The maximum Gasteiger partial charge on any atom is 0.248 e. The Morgan fingerprint density at radius 2 is 2.10 bits per heavy atom. The van der Waals surface area contributed by atoms with Gasteiger partial charge in [-0.15, -0.1) is 0 Å². The van der Waals surface area contributed by atoms with Crippen molar-refractivity contribution < 1.29 is 9.53 Å². The summed E-state index contributed by atoms with van der Waals surface area (Å²) in [4.78, 5) is 14.0. The van der Waals surface area contributed by atoms with E-state index in [1.807, 2.05) is 36.3 Å². The Morgan fingerprint density at radius 3 is 2.86 bits per heavy atom. The van der Waals surface area contributed by atoms with Gasteiger partial charge in [0.05, 0.1) is 12.3 Å². The molecular weight excluding hydrogens is 266 g/mol. The van der Waals surface area contributed by atoms with Gasteiger partial charge in [0.1, 0.15) is 6.61 Å². The molecule has 2 heterocycles. The van der Waals surface area contributed by atoms with Crippen LogP contribution in [0.25, 0.3) is 0 Å². The van der Waals surface area contributed by atoms with Crippen LogP contribution in [0.3, 0.4) is 0 Å². The van der Waals surface area contributed by atoms with Crippen LogP contribution < -0.4 is 0 Å². The predicted molar refractivity (Wildman–Crippen MR) is 78.4 cm³/mol. The maximum absolute atomic E-state index is 12.2. The van der Waals surface area contributed by atoms with Crippen molar-refractivity contribution in [2.75, 3.05) is 13.2 Å². The van der Waals surface area contributed by atoms with Crippen molar-refractivity contribution in [3.05, 3.63) is 53.3 Å². The third-order valence-corrected chi connectivity index (χ3v) is 3.73. The molecule has 0 spiro atoms. The first-order chi connectivity index (χ1) is 10.2. The number of hydrogen-bond donors (Lipinski definition) is 0. The highest BCUT2D eigenvalue weighted by molar-refractivity contribution is 5.77. The van der Waals surface area contributed by atoms with Crippen LogP contribution >= 0.6 is 0 Å². The van der Waals surface area contributed by atoms with Crippen molar-refractivity contribution in [1.29, 1.82) is 0 Å². The van der Waals surface area contributed by atoms with Gasteiger partial charge in [0.2, 0.25) is 5.91 Å². The fourth-order valence-corrected chi connectivity index (χ4v) is 2.58. The highest BCUT2D eigenvalue weighted by atomic mass is 16.5. The molecule has 5 nitrogen and oxygen atoms in total. The van der Waals surface area contributed by atoms with E-state index in [1.54, 1.807) is 4.68 Å². The number of fused-ring (bicyclic) bond motifs is 1. The Balaban J connectivity index is 1.50. The van der Waals surface area contributed by atoms with Gasteiger partial charge in [-0.2, -0.15) is 5.10 Å². The number of benzene rings is 1. The molecule has 1 aliphatic heterocycles. The molecule has 0 radical (unpaired) electrons. The summed E-state index contributed by atoms with van der Waals surface area (Å²) in [5.74, 6) is 0.0421. The summed E-state index contributed by atoms with van der Waals surface area (Å²) >= 11 is 0. The van der Waals surface area contributed by atoms with Crippen molar-refractivity contribution in [2.24, 2.45) is 7.05 Å². The molecule has 0 atom stereocenters. The Morgan fingerprint density at radius 1 is 1.29 bits per heavy atom. The summed E-state index contributed by atoms with van der Waals surface area (Å²) in [6, 6.07) is 10.2. The molecule has 1 aromatic heterocycles. The summed E-state index contributed by atoms with van der Waals surface area (Å²) in [6.45, 7) is 1.93. The fourth-order valence-electron chi connectivity index (χ4n) is 2.58. The average molecular weight is 285 g/mol. The molecule has 1 aliphatic rings. The first-order valence-corrected chi connectivity index (χ1v) is 7.13. The van der Waals surface area contributed by atoms with E-state index in [4.69, 9.17) is 4.74 Å². The summed E-state index contributed by atoms with van der Waals surface area (Å²) in [6.07, 6.45) is 2.78. The number of ether oxygens (including phenoxy) is 1. The fraction of sp³-hybridized carbons (Fsp3) is 0.375. The Kier molecular flexibility index (Phi) is 4.01. The lowest BCUT2D eigenvalue weighted by atomic mass is 10.00. The Hall–Kier alpha value is -2.14. The zero-order valence-corrected chi connectivity index (χ0v) is 12.2. The molecule has 5 heteroatoms. The second kappa shape index (κ2) is 6.10. The van der Waals surface area contributed by atoms with Crippen LogP contribution in [-0.2, 0) is 36.2 Å². The number of aryl methyl sites for hydroxylation is 1. The number of rotatable bonds is 4. The number of aromatic nitrogens is 2. The molecular formula is C16H19N3O2.